The van der Waals surface area contributed by atoms with E-state index in [1.807, 2.05) is 0 Å². The number of carbonyl (C=O) groups is 2. The Morgan fingerprint density at radius 3 is 2.28 bits per heavy atom. The zero-order chi connectivity index (χ0) is 21.8. The van der Waals surface area contributed by atoms with Crippen LogP contribution in [-0.2, 0) is 19.4 Å². The van der Waals surface area contributed by atoms with Crippen molar-refractivity contribution in [2.75, 3.05) is 18.2 Å². The summed E-state index contributed by atoms with van der Waals surface area (Å²) in [5.41, 5.74) is 0.0164. The highest BCUT2D eigenvalue weighted by Gasteiger charge is 2.31. The zero-order valence-electron chi connectivity index (χ0n) is 14.6. The van der Waals surface area contributed by atoms with Crippen LogP contribution >= 0.6 is 11.6 Å². The minimum atomic E-state index is -4.84. The number of hydrogen-bond acceptors (Lipinski definition) is 6. The molecule has 0 unspecified atom stereocenters. The van der Waals surface area contributed by atoms with Crippen molar-refractivity contribution in [2.24, 2.45) is 0 Å². The summed E-state index contributed by atoms with van der Waals surface area (Å²) in [5, 5.41) is 2.24. The van der Waals surface area contributed by atoms with Crippen LogP contribution in [-0.4, -0.2) is 39.5 Å². The molecule has 0 radical (unpaired) electrons. The highest BCUT2D eigenvalue weighted by Crippen LogP contribution is 2.24. The highest BCUT2D eigenvalue weighted by molar-refractivity contribution is 7.90. The van der Waals surface area contributed by atoms with Crippen LogP contribution in [0.3, 0.4) is 0 Å². The second-order valence-corrected chi connectivity index (χ2v) is 8.01. The van der Waals surface area contributed by atoms with Gasteiger partial charge in [0.25, 0.3) is 5.91 Å². The Labute approximate surface area is 168 Å². The standard InChI is InChI=1S/C17H13ClF3NO6S/c1-29(25,26)14-8-10(2-7-13(14)18)16(24)27-9-15(23)22-11-3-5-12(6-4-11)28-17(19,20)21/h2-8H,9H2,1H3,(H,22,23). The Balaban J connectivity index is 1.95. The minimum Gasteiger partial charge on any atom is -0.452 e. The van der Waals surface area contributed by atoms with Crippen molar-refractivity contribution in [3.8, 4) is 5.75 Å². The van der Waals surface area contributed by atoms with Crippen LogP contribution in [0.5, 0.6) is 5.75 Å². The summed E-state index contributed by atoms with van der Waals surface area (Å²) in [7, 11) is -3.68. The number of ether oxygens (including phenoxy) is 2. The van der Waals surface area contributed by atoms with Crippen LogP contribution in [0, 0.1) is 0 Å². The molecule has 0 aliphatic heterocycles. The van der Waals surface area contributed by atoms with Crippen molar-refractivity contribution in [3.05, 3.63) is 53.1 Å². The Morgan fingerprint density at radius 1 is 1.10 bits per heavy atom. The number of benzene rings is 2. The summed E-state index contributed by atoms with van der Waals surface area (Å²) in [4.78, 5) is 23.6. The fraction of sp³-hybridized carbons (Fsp3) is 0.176. The average molecular weight is 452 g/mol. The summed E-state index contributed by atoms with van der Waals surface area (Å²) >= 11 is 5.78. The predicted molar refractivity (Wildman–Crippen MR) is 96.6 cm³/mol. The monoisotopic (exact) mass is 451 g/mol. The van der Waals surface area contributed by atoms with E-state index >= 15 is 0 Å². The van der Waals surface area contributed by atoms with Crippen molar-refractivity contribution in [3.63, 3.8) is 0 Å². The molecule has 1 N–H and O–H groups in total. The van der Waals surface area contributed by atoms with Crippen molar-refractivity contribution in [1.82, 2.24) is 0 Å². The van der Waals surface area contributed by atoms with Gasteiger partial charge in [0.15, 0.2) is 16.4 Å². The molecular weight excluding hydrogens is 439 g/mol. The molecule has 0 aromatic heterocycles. The fourth-order valence-electron chi connectivity index (χ4n) is 2.07. The highest BCUT2D eigenvalue weighted by atomic mass is 35.5. The summed E-state index contributed by atoms with van der Waals surface area (Å²) in [6, 6.07) is 7.79. The lowest BCUT2D eigenvalue weighted by Crippen LogP contribution is -2.21. The molecule has 29 heavy (non-hydrogen) atoms. The maximum absolute atomic E-state index is 12.1. The molecule has 156 valence electrons. The molecule has 0 heterocycles. The van der Waals surface area contributed by atoms with E-state index in [2.05, 4.69) is 10.1 Å². The molecule has 0 spiro atoms. The molecule has 7 nitrogen and oxygen atoms in total. The van der Waals surface area contributed by atoms with E-state index in [9.17, 15) is 31.2 Å². The first kappa shape index (κ1) is 22.5. The first-order chi connectivity index (χ1) is 13.3. The molecule has 0 bridgehead atoms. The van der Waals surface area contributed by atoms with Gasteiger partial charge in [0.2, 0.25) is 0 Å². The number of esters is 1. The Hall–Kier alpha value is -2.79. The maximum Gasteiger partial charge on any atom is 0.573 e. The van der Waals surface area contributed by atoms with E-state index < -0.39 is 40.4 Å². The maximum atomic E-state index is 12.1. The van der Waals surface area contributed by atoms with Gasteiger partial charge in [-0.2, -0.15) is 0 Å². The zero-order valence-corrected chi connectivity index (χ0v) is 16.2. The van der Waals surface area contributed by atoms with Gasteiger partial charge in [-0.1, -0.05) is 11.6 Å². The lowest BCUT2D eigenvalue weighted by atomic mass is 10.2. The quantitative estimate of drug-likeness (QED) is 0.675. The van der Waals surface area contributed by atoms with Crippen molar-refractivity contribution in [1.29, 1.82) is 0 Å². The third-order valence-corrected chi connectivity index (χ3v) is 4.85. The van der Waals surface area contributed by atoms with Gasteiger partial charge >= 0.3 is 12.3 Å². The Kier molecular flexibility index (Phi) is 6.75. The van der Waals surface area contributed by atoms with Gasteiger partial charge < -0.3 is 14.8 Å². The van der Waals surface area contributed by atoms with Crippen LogP contribution < -0.4 is 10.1 Å². The molecular formula is C17H13ClF3NO6S. The number of halogens is 4. The van der Waals surface area contributed by atoms with Crippen LogP contribution in [0.4, 0.5) is 18.9 Å². The number of nitrogens with one attached hydrogen (secondary N) is 1. The topological polar surface area (TPSA) is 98.8 Å². The van der Waals surface area contributed by atoms with Crippen molar-refractivity contribution < 1.29 is 40.7 Å². The SMILES string of the molecule is CS(=O)(=O)c1cc(C(=O)OCC(=O)Nc2ccc(OC(F)(F)F)cc2)ccc1Cl. The van der Waals surface area contributed by atoms with E-state index in [0.717, 1.165) is 24.5 Å². The van der Waals surface area contributed by atoms with Gasteiger partial charge in [-0.15, -0.1) is 13.2 Å². The minimum absolute atomic E-state index is 0.0697. The first-order valence-corrected chi connectivity index (χ1v) is 9.94. The molecule has 0 aliphatic carbocycles. The van der Waals surface area contributed by atoms with Gasteiger partial charge in [0, 0.05) is 11.9 Å². The smallest absolute Gasteiger partial charge is 0.452 e. The summed E-state index contributed by atoms with van der Waals surface area (Å²) in [5.74, 6) is -2.19. The van der Waals surface area contributed by atoms with E-state index in [0.29, 0.717) is 0 Å². The van der Waals surface area contributed by atoms with Gasteiger partial charge in [-0.3, -0.25) is 4.79 Å². The van der Waals surface area contributed by atoms with Crippen molar-refractivity contribution in [2.45, 2.75) is 11.3 Å². The second-order valence-electron chi connectivity index (χ2n) is 5.61. The molecule has 0 saturated heterocycles. The van der Waals surface area contributed by atoms with E-state index in [1.165, 1.54) is 24.3 Å². The molecule has 1 amide bonds. The average Bonchev–Trinajstić information content (AvgIpc) is 2.59. The van der Waals surface area contributed by atoms with Crippen LogP contribution in [0.1, 0.15) is 10.4 Å². The molecule has 2 rings (SSSR count). The summed E-state index contributed by atoms with van der Waals surface area (Å²) < 4.78 is 68.0. The molecule has 0 saturated carbocycles. The number of carbonyl (C=O) groups excluding carboxylic acids is 2. The molecule has 12 heteroatoms. The predicted octanol–water partition coefficient (Wildman–Crippen LogP) is 3.44. The van der Waals surface area contributed by atoms with Crippen LogP contribution in [0.15, 0.2) is 47.4 Å². The van der Waals surface area contributed by atoms with Gasteiger partial charge in [-0.25, -0.2) is 13.2 Å². The number of sulfone groups is 1. The molecule has 0 atom stereocenters. The van der Waals surface area contributed by atoms with E-state index in [-0.39, 0.29) is 21.2 Å². The molecule has 0 aliphatic rings. The molecule has 2 aromatic carbocycles. The van der Waals surface area contributed by atoms with Crippen molar-refractivity contribution >= 4 is 39.0 Å². The number of alkyl halides is 3. The van der Waals surface area contributed by atoms with Crippen LogP contribution in [0.2, 0.25) is 5.02 Å². The number of hydrogen-bond donors (Lipinski definition) is 1. The van der Waals surface area contributed by atoms with Gasteiger partial charge in [0.05, 0.1) is 15.5 Å². The Morgan fingerprint density at radius 2 is 1.72 bits per heavy atom. The number of amides is 1. The number of rotatable bonds is 6. The van der Waals surface area contributed by atoms with E-state index in [4.69, 9.17) is 16.3 Å². The van der Waals surface area contributed by atoms with Gasteiger partial charge in [-0.05, 0) is 42.5 Å². The Bertz CT molecular complexity index is 1020. The third kappa shape index (κ3) is 6.95. The fourth-order valence-corrected chi connectivity index (χ4v) is 3.37. The summed E-state index contributed by atoms with van der Waals surface area (Å²) in [6.07, 6.45) is -3.92. The molecule has 2 aromatic rings. The largest absolute Gasteiger partial charge is 0.573 e. The molecule has 0 fully saturated rings. The third-order valence-electron chi connectivity index (χ3n) is 3.27. The normalized spacial score (nSPS) is 11.6. The first-order valence-electron chi connectivity index (χ1n) is 7.67. The van der Waals surface area contributed by atoms with E-state index in [1.54, 1.807) is 0 Å². The van der Waals surface area contributed by atoms with Crippen LogP contribution in [0.25, 0.3) is 0 Å². The summed E-state index contributed by atoms with van der Waals surface area (Å²) in [6.45, 7) is -0.712. The number of anilines is 1. The van der Waals surface area contributed by atoms with Gasteiger partial charge in [0.1, 0.15) is 5.75 Å². The lowest BCUT2D eigenvalue weighted by molar-refractivity contribution is -0.274. The second kappa shape index (κ2) is 8.70. The lowest BCUT2D eigenvalue weighted by Gasteiger charge is -2.10.